The minimum Gasteiger partial charge on any atom is -0.313 e. The zero-order valence-electron chi connectivity index (χ0n) is 10.7. The summed E-state index contributed by atoms with van der Waals surface area (Å²) >= 11 is 0. The van der Waals surface area contributed by atoms with Crippen LogP contribution in [0.15, 0.2) is 24.5 Å². The van der Waals surface area contributed by atoms with Gasteiger partial charge in [0.2, 0.25) is 0 Å². The molecule has 1 aliphatic heterocycles. The second kappa shape index (κ2) is 6.72. The lowest BCUT2D eigenvalue weighted by Crippen LogP contribution is -2.43. The number of nitrogens with one attached hydrogen (secondary N) is 1. The Balaban J connectivity index is 1.83. The van der Waals surface area contributed by atoms with Crippen molar-refractivity contribution in [2.24, 2.45) is 0 Å². The van der Waals surface area contributed by atoms with Gasteiger partial charge in [-0.15, -0.1) is 0 Å². The Bertz CT molecular complexity index is 307. The molecular formula is C14H23N3. The van der Waals surface area contributed by atoms with Gasteiger partial charge in [-0.1, -0.05) is 13.3 Å². The first-order valence-corrected chi connectivity index (χ1v) is 6.73. The second-order valence-corrected chi connectivity index (χ2v) is 4.83. The fraction of sp³-hybridized carbons (Fsp3) is 0.643. The van der Waals surface area contributed by atoms with Crippen LogP contribution in [0.5, 0.6) is 0 Å². The Hall–Kier alpha value is -0.930. The quantitative estimate of drug-likeness (QED) is 0.843. The van der Waals surface area contributed by atoms with Crippen molar-refractivity contribution in [1.29, 1.82) is 0 Å². The molecule has 17 heavy (non-hydrogen) atoms. The number of hydrogen-bond donors (Lipinski definition) is 1. The number of piperidine rings is 1. The van der Waals surface area contributed by atoms with Crippen LogP contribution in [-0.4, -0.2) is 35.6 Å². The molecule has 3 nitrogen and oxygen atoms in total. The van der Waals surface area contributed by atoms with Crippen LogP contribution in [-0.2, 0) is 6.54 Å². The largest absolute Gasteiger partial charge is 0.313 e. The lowest BCUT2D eigenvalue weighted by Gasteiger charge is -2.29. The lowest BCUT2D eigenvalue weighted by molar-refractivity contribution is 0.226. The van der Waals surface area contributed by atoms with E-state index in [0.717, 1.165) is 13.1 Å². The minimum atomic E-state index is 0.686. The molecule has 1 aromatic heterocycles. The van der Waals surface area contributed by atoms with Crippen LogP contribution in [0.4, 0.5) is 0 Å². The molecule has 1 unspecified atom stereocenters. The van der Waals surface area contributed by atoms with E-state index in [1.165, 1.54) is 37.9 Å². The summed E-state index contributed by atoms with van der Waals surface area (Å²) in [5.41, 5.74) is 1.36. The number of pyridine rings is 1. The smallest absolute Gasteiger partial charge is 0.0271 e. The molecule has 1 saturated heterocycles. The van der Waals surface area contributed by atoms with E-state index in [9.17, 15) is 0 Å². The van der Waals surface area contributed by atoms with Crippen LogP contribution in [0.1, 0.15) is 31.7 Å². The van der Waals surface area contributed by atoms with Crippen molar-refractivity contribution >= 4 is 0 Å². The van der Waals surface area contributed by atoms with Gasteiger partial charge in [-0.05, 0) is 43.6 Å². The van der Waals surface area contributed by atoms with Crippen molar-refractivity contribution in [3.63, 3.8) is 0 Å². The van der Waals surface area contributed by atoms with Crippen LogP contribution in [0.2, 0.25) is 0 Å². The highest BCUT2D eigenvalue weighted by Crippen LogP contribution is 2.10. The fourth-order valence-electron chi connectivity index (χ4n) is 2.44. The Labute approximate surface area is 104 Å². The number of likely N-dealkylation sites (N-methyl/N-ethyl adjacent to an activating group) is 1. The lowest BCUT2D eigenvalue weighted by atomic mass is 10.0. The summed E-state index contributed by atoms with van der Waals surface area (Å²) in [6.45, 7) is 6.75. The standard InChI is InChI=1S/C14H23N3/c1-2-17(11-13-6-9-15-10-7-13)12-14-5-3-4-8-16-14/h6-7,9-10,14,16H,2-5,8,11-12H2,1H3. The first kappa shape index (κ1) is 12.5. The van der Waals surface area contributed by atoms with Crippen molar-refractivity contribution < 1.29 is 0 Å². The van der Waals surface area contributed by atoms with E-state index < -0.39 is 0 Å². The molecule has 0 spiro atoms. The predicted molar refractivity (Wildman–Crippen MR) is 70.8 cm³/mol. The molecule has 1 aromatic rings. The first-order valence-electron chi connectivity index (χ1n) is 6.73. The highest BCUT2D eigenvalue weighted by Gasteiger charge is 2.15. The van der Waals surface area contributed by atoms with Gasteiger partial charge in [-0.3, -0.25) is 9.88 Å². The molecule has 1 N–H and O–H groups in total. The second-order valence-electron chi connectivity index (χ2n) is 4.83. The van der Waals surface area contributed by atoms with Crippen molar-refractivity contribution in [2.75, 3.05) is 19.6 Å². The highest BCUT2D eigenvalue weighted by atomic mass is 15.1. The summed E-state index contributed by atoms with van der Waals surface area (Å²) < 4.78 is 0. The summed E-state index contributed by atoms with van der Waals surface area (Å²) in [7, 11) is 0. The normalized spacial score (nSPS) is 20.7. The molecule has 2 heterocycles. The van der Waals surface area contributed by atoms with Gasteiger partial charge in [0.25, 0.3) is 0 Å². The predicted octanol–water partition coefficient (Wildman–Crippen LogP) is 2.05. The minimum absolute atomic E-state index is 0.686. The molecule has 94 valence electrons. The van der Waals surface area contributed by atoms with Crippen LogP contribution in [0.3, 0.4) is 0 Å². The van der Waals surface area contributed by atoms with E-state index in [1.54, 1.807) is 0 Å². The van der Waals surface area contributed by atoms with E-state index in [4.69, 9.17) is 0 Å². The molecule has 1 aliphatic rings. The summed E-state index contributed by atoms with van der Waals surface area (Å²) in [6, 6.07) is 4.90. The van der Waals surface area contributed by atoms with Gasteiger partial charge in [0.15, 0.2) is 0 Å². The molecule has 3 heteroatoms. The Morgan fingerprint density at radius 3 is 2.82 bits per heavy atom. The van der Waals surface area contributed by atoms with E-state index in [0.29, 0.717) is 6.04 Å². The topological polar surface area (TPSA) is 28.2 Å². The van der Waals surface area contributed by atoms with Gasteiger partial charge in [-0.2, -0.15) is 0 Å². The SMILES string of the molecule is CCN(Cc1ccncc1)CC1CCCCN1. The van der Waals surface area contributed by atoms with Gasteiger partial charge >= 0.3 is 0 Å². The third kappa shape index (κ3) is 4.10. The van der Waals surface area contributed by atoms with Crippen LogP contribution >= 0.6 is 0 Å². The average molecular weight is 233 g/mol. The summed E-state index contributed by atoms with van der Waals surface area (Å²) in [6.07, 6.45) is 7.80. The highest BCUT2D eigenvalue weighted by molar-refractivity contribution is 5.09. The maximum Gasteiger partial charge on any atom is 0.0271 e. The molecule has 2 rings (SSSR count). The van der Waals surface area contributed by atoms with E-state index in [1.807, 2.05) is 12.4 Å². The first-order chi connectivity index (χ1) is 8.38. The van der Waals surface area contributed by atoms with Gasteiger partial charge in [0.1, 0.15) is 0 Å². The molecule has 1 fully saturated rings. The third-order valence-corrected chi connectivity index (χ3v) is 3.49. The van der Waals surface area contributed by atoms with Crippen molar-refractivity contribution in [1.82, 2.24) is 15.2 Å². The summed E-state index contributed by atoms with van der Waals surface area (Å²) in [5.74, 6) is 0. The van der Waals surface area contributed by atoms with Crippen LogP contribution in [0, 0.1) is 0 Å². The third-order valence-electron chi connectivity index (χ3n) is 3.49. The van der Waals surface area contributed by atoms with Gasteiger partial charge in [0, 0.05) is 31.5 Å². The maximum atomic E-state index is 4.06. The summed E-state index contributed by atoms with van der Waals surface area (Å²) in [4.78, 5) is 6.58. The number of aromatic nitrogens is 1. The van der Waals surface area contributed by atoms with E-state index >= 15 is 0 Å². The van der Waals surface area contributed by atoms with Crippen LogP contribution in [0.25, 0.3) is 0 Å². The average Bonchev–Trinajstić information content (AvgIpc) is 2.40. The molecule has 0 aliphatic carbocycles. The van der Waals surface area contributed by atoms with Gasteiger partial charge in [0.05, 0.1) is 0 Å². The molecule has 0 bridgehead atoms. The number of rotatable bonds is 5. The van der Waals surface area contributed by atoms with Crippen molar-refractivity contribution in [3.8, 4) is 0 Å². The molecular weight excluding hydrogens is 210 g/mol. The van der Waals surface area contributed by atoms with Crippen molar-refractivity contribution in [3.05, 3.63) is 30.1 Å². The van der Waals surface area contributed by atoms with E-state index in [-0.39, 0.29) is 0 Å². The van der Waals surface area contributed by atoms with Gasteiger partial charge < -0.3 is 5.32 Å². The monoisotopic (exact) mass is 233 g/mol. The fourth-order valence-corrected chi connectivity index (χ4v) is 2.44. The summed E-state index contributed by atoms with van der Waals surface area (Å²) in [5, 5.41) is 3.62. The van der Waals surface area contributed by atoms with E-state index in [2.05, 4.69) is 34.3 Å². The number of hydrogen-bond acceptors (Lipinski definition) is 3. The Kier molecular flexibility index (Phi) is 4.95. The molecule has 0 amide bonds. The zero-order chi connectivity index (χ0) is 11.9. The van der Waals surface area contributed by atoms with Crippen molar-refractivity contribution in [2.45, 2.75) is 38.8 Å². The maximum absolute atomic E-state index is 4.06. The van der Waals surface area contributed by atoms with Crippen LogP contribution < -0.4 is 5.32 Å². The molecule has 0 saturated carbocycles. The zero-order valence-corrected chi connectivity index (χ0v) is 10.7. The molecule has 0 aromatic carbocycles. The van der Waals surface area contributed by atoms with Gasteiger partial charge in [-0.25, -0.2) is 0 Å². The molecule has 1 atom stereocenters. The molecule has 0 radical (unpaired) electrons. The Morgan fingerprint density at radius 1 is 1.35 bits per heavy atom. The number of nitrogens with zero attached hydrogens (tertiary/aromatic N) is 2. The Morgan fingerprint density at radius 2 is 2.18 bits per heavy atom.